The van der Waals surface area contributed by atoms with Gasteiger partial charge in [-0.05, 0) is 50.1 Å². The van der Waals surface area contributed by atoms with Gasteiger partial charge in [0.1, 0.15) is 5.00 Å². The Hall–Kier alpha value is -2.38. The molecule has 28 heavy (non-hydrogen) atoms. The number of anilines is 2. The number of hydrogen-bond acceptors (Lipinski definition) is 5. The Kier molecular flexibility index (Phi) is 8.02. The lowest BCUT2D eigenvalue weighted by Gasteiger charge is -2.07. The highest BCUT2D eigenvalue weighted by Gasteiger charge is 2.26. The number of unbranched alkanes of at least 4 members (excludes halogenated alkanes) is 1. The van der Waals surface area contributed by atoms with Crippen LogP contribution in [0.15, 0.2) is 24.3 Å². The molecule has 1 aromatic carbocycles. The summed E-state index contributed by atoms with van der Waals surface area (Å²) >= 11 is 6.92. The van der Waals surface area contributed by atoms with Crippen molar-refractivity contribution in [3.05, 3.63) is 45.3 Å². The van der Waals surface area contributed by atoms with Crippen LogP contribution in [-0.4, -0.2) is 24.4 Å². The summed E-state index contributed by atoms with van der Waals surface area (Å²) in [5.41, 5.74) is 1.27. The van der Waals surface area contributed by atoms with E-state index in [1.807, 2.05) is 6.92 Å². The minimum absolute atomic E-state index is 0.196. The molecule has 0 atom stereocenters. The van der Waals surface area contributed by atoms with Gasteiger partial charge in [-0.25, -0.2) is 4.79 Å². The Labute approximate surface area is 173 Å². The van der Waals surface area contributed by atoms with Crippen molar-refractivity contribution in [3.8, 4) is 0 Å². The normalized spacial score (nSPS) is 10.4. The number of halogens is 1. The number of thiophene rings is 1. The molecule has 0 aliphatic carbocycles. The quantitative estimate of drug-likeness (QED) is 0.567. The molecule has 2 aromatic rings. The molecular formula is C20H23ClN2O4S. The topological polar surface area (TPSA) is 84.5 Å². The highest BCUT2D eigenvalue weighted by atomic mass is 35.5. The van der Waals surface area contributed by atoms with E-state index in [9.17, 15) is 14.4 Å². The molecule has 0 aliphatic rings. The molecule has 0 fully saturated rings. The van der Waals surface area contributed by atoms with Crippen molar-refractivity contribution in [1.29, 1.82) is 0 Å². The maximum atomic E-state index is 12.7. The Balaban J connectivity index is 2.31. The third-order valence-corrected chi connectivity index (χ3v) is 5.40. The number of hydrogen-bond donors (Lipinski definition) is 2. The van der Waals surface area contributed by atoms with Gasteiger partial charge in [-0.1, -0.05) is 24.9 Å². The van der Waals surface area contributed by atoms with Gasteiger partial charge in [0.05, 0.1) is 17.0 Å². The molecule has 0 saturated carbocycles. The number of esters is 1. The average Bonchev–Trinajstić information content (AvgIpc) is 2.98. The molecule has 8 heteroatoms. The van der Waals surface area contributed by atoms with Crippen molar-refractivity contribution in [3.63, 3.8) is 0 Å². The van der Waals surface area contributed by atoms with E-state index in [4.69, 9.17) is 16.3 Å². The molecule has 0 saturated heterocycles. The zero-order valence-electron chi connectivity index (χ0n) is 16.1. The molecule has 2 amide bonds. The van der Waals surface area contributed by atoms with Crippen LogP contribution in [0, 0.1) is 6.92 Å². The fourth-order valence-corrected chi connectivity index (χ4v) is 3.75. The number of rotatable bonds is 8. The smallest absolute Gasteiger partial charge is 0.341 e. The van der Waals surface area contributed by atoms with Crippen LogP contribution in [0.25, 0.3) is 0 Å². The molecule has 0 aliphatic heterocycles. The van der Waals surface area contributed by atoms with Gasteiger partial charge in [-0.2, -0.15) is 0 Å². The zero-order valence-corrected chi connectivity index (χ0v) is 17.6. The van der Waals surface area contributed by atoms with E-state index in [2.05, 4.69) is 10.6 Å². The highest BCUT2D eigenvalue weighted by Crippen LogP contribution is 2.34. The summed E-state index contributed by atoms with van der Waals surface area (Å²) in [4.78, 5) is 37.6. The first-order valence-corrected chi connectivity index (χ1v) is 10.2. The number of nitrogens with one attached hydrogen (secondary N) is 2. The van der Waals surface area contributed by atoms with Crippen LogP contribution >= 0.6 is 22.9 Å². The van der Waals surface area contributed by atoms with Crippen molar-refractivity contribution >= 4 is 51.4 Å². The summed E-state index contributed by atoms with van der Waals surface area (Å²) in [7, 11) is 0. The van der Waals surface area contributed by atoms with Crippen LogP contribution < -0.4 is 10.6 Å². The second kappa shape index (κ2) is 10.2. The molecule has 0 bridgehead atoms. The number of amides is 2. The standard InChI is InChI=1S/C20H23ClN2O4S/c1-4-6-7-15(24)23-19-16(20(26)27-5-2)12(3)17(28-19)18(25)22-14-10-8-13(21)9-11-14/h8-11H,4-7H2,1-3H3,(H,22,25)(H,23,24). The number of carbonyl (C=O) groups excluding carboxylic acids is 3. The second-order valence-corrected chi connectivity index (χ2v) is 7.55. The fraction of sp³-hybridized carbons (Fsp3) is 0.350. The SMILES string of the molecule is CCCCC(=O)Nc1sc(C(=O)Nc2ccc(Cl)cc2)c(C)c1C(=O)OCC. The lowest BCUT2D eigenvalue weighted by Crippen LogP contribution is -2.14. The Bertz CT molecular complexity index is 862. The van der Waals surface area contributed by atoms with E-state index >= 15 is 0 Å². The third kappa shape index (κ3) is 5.56. The molecular weight excluding hydrogens is 400 g/mol. The van der Waals surface area contributed by atoms with Gasteiger partial charge in [0.2, 0.25) is 5.91 Å². The van der Waals surface area contributed by atoms with Crippen LogP contribution in [0.4, 0.5) is 10.7 Å². The van der Waals surface area contributed by atoms with Crippen molar-refractivity contribution in [1.82, 2.24) is 0 Å². The maximum Gasteiger partial charge on any atom is 0.341 e. The molecule has 150 valence electrons. The molecule has 2 N–H and O–H groups in total. The summed E-state index contributed by atoms with van der Waals surface area (Å²) in [5.74, 6) is -1.13. The predicted molar refractivity (Wildman–Crippen MR) is 113 cm³/mol. The van der Waals surface area contributed by atoms with Gasteiger partial charge < -0.3 is 15.4 Å². The van der Waals surface area contributed by atoms with Crippen LogP contribution in [-0.2, 0) is 9.53 Å². The summed E-state index contributed by atoms with van der Waals surface area (Å²) in [5, 5.41) is 6.42. The van der Waals surface area contributed by atoms with Crippen LogP contribution in [0.3, 0.4) is 0 Å². The van der Waals surface area contributed by atoms with Crippen molar-refractivity contribution < 1.29 is 19.1 Å². The lowest BCUT2D eigenvalue weighted by molar-refractivity contribution is -0.116. The van der Waals surface area contributed by atoms with Gasteiger partial charge in [0.25, 0.3) is 5.91 Å². The van der Waals surface area contributed by atoms with Crippen molar-refractivity contribution in [2.24, 2.45) is 0 Å². The molecule has 0 unspecified atom stereocenters. The molecule has 0 spiro atoms. The summed E-state index contributed by atoms with van der Waals surface area (Å²) in [6.07, 6.45) is 1.98. The van der Waals surface area contributed by atoms with Gasteiger partial charge in [0, 0.05) is 17.1 Å². The van der Waals surface area contributed by atoms with Gasteiger partial charge in [-0.15, -0.1) is 11.3 Å². The minimum Gasteiger partial charge on any atom is -0.462 e. The molecule has 0 radical (unpaired) electrons. The number of ether oxygens (including phenoxy) is 1. The van der Waals surface area contributed by atoms with Gasteiger partial charge in [0.15, 0.2) is 0 Å². The van der Waals surface area contributed by atoms with Gasteiger partial charge in [-0.3, -0.25) is 9.59 Å². The Morgan fingerprint density at radius 2 is 1.79 bits per heavy atom. The summed E-state index contributed by atoms with van der Waals surface area (Å²) < 4.78 is 5.11. The van der Waals surface area contributed by atoms with Crippen LogP contribution in [0.5, 0.6) is 0 Å². The van der Waals surface area contributed by atoms with Crippen molar-refractivity contribution in [2.75, 3.05) is 17.2 Å². The van der Waals surface area contributed by atoms with Crippen molar-refractivity contribution in [2.45, 2.75) is 40.0 Å². The predicted octanol–water partition coefficient (Wildman–Crippen LogP) is 5.27. The van der Waals surface area contributed by atoms with E-state index in [1.165, 1.54) is 0 Å². The lowest BCUT2D eigenvalue weighted by atomic mass is 10.1. The van der Waals surface area contributed by atoms with E-state index in [-0.39, 0.29) is 24.0 Å². The zero-order chi connectivity index (χ0) is 20.7. The third-order valence-electron chi connectivity index (χ3n) is 3.94. The average molecular weight is 423 g/mol. The number of carbonyl (C=O) groups is 3. The fourth-order valence-electron chi connectivity index (χ4n) is 2.51. The number of benzene rings is 1. The van der Waals surface area contributed by atoms with E-state index in [0.717, 1.165) is 24.2 Å². The Morgan fingerprint density at radius 3 is 2.39 bits per heavy atom. The monoisotopic (exact) mass is 422 g/mol. The van der Waals surface area contributed by atoms with E-state index in [0.29, 0.717) is 32.6 Å². The highest BCUT2D eigenvalue weighted by molar-refractivity contribution is 7.18. The Morgan fingerprint density at radius 1 is 1.11 bits per heavy atom. The maximum absolute atomic E-state index is 12.7. The first kappa shape index (κ1) is 21.9. The molecule has 1 heterocycles. The molecule has 6 nitrogen and oxygen atoms in total. The van der Waals surface area contributed by atoms with E-state index in [1.54, 1.807) is 38.1 Å². The second-order valence-electron chi connectivity index (χ2n) is 6.09. The van der Waals surface area contributed by atoms with Gasteiger partial charge >= 0.3 is 5.97 Å². The summed E-state index contributed by atoms with van der Waals surface area (Å²) in [6.45, 7) is 5.56. The van der Waals surface area contributed by atoms with E-state index < -0.39 is 5.97 Å². The first-order valence-electron chi connectivity index (χ1n) is 9.04. The minimum atomic E-state index is -0.562. The molecule has 2 rings (SSSR count). The largest absolute Gasteiger partial charge is 0.462 e. The first-order chi connectivity index (χ1) is 13.4. The van der Waals surface area contributed by atoms with Crippen LogP contribution in [0.2, 0.25) is 5.02 Å². The molecule has 1 aromatic heterocycles. The summed E-state index contributed by atoms with van der Waals surface area (Å²) in [6, 6.07) is 6.70. The van der Waals surface area contributed by atoms with Crippen LogP contribution in [0.1, 0.15) is 58.7 Å².